The smallest absolute Gasteiger partial charge is 0.188 e. The van der Waals surface area contributed by atoms with Crippen molar-refractivity contribution in [2.45, 2.75) is 39.2 Å². The molecule has 0 aliphatic heterocycles. The van der Waals surface area contributed by atoms with Gasteiger partial charge in [-0.05, 0) is 38.9 Å². The van der Waals surface area contributed by atoms with Gasteiger partial charge in [0.15, 0.2) is 5.96 Å². The molecule has 88 valence electrons. The highest BCUT2D eigenvalue weighted by Gasteiger charge is 2.21. The Balaban J connectivity index is 2.03. The van der Waals surface area contributed by atoms with E-state index in [1.165, 1.54) is 12.8 Å². The van der Waals surface area contributed by atoms with E-state index >= 15 is 0 Å². The van der Waals surface area contributed by atoms with Crippen molar-refractivity contribution in [1.82, 2.24) is 10.2 Å². The lowest BCUT2D eigenvalue weighted by Crippen LogP contribution is -2.33. The third kappa shape index (κ3) is 5.62. The van der Waals surface area contributed by atoms with E-state index in [9.17, 15) is 0 Å². The highest BCUT2D eigenvalue weighted by atomic mass is 15.1. The molecule has 0 aromatic carbocycles. The van der Waals surface area contributed by atoms with Gasteiger partial charge in [0.1, 0.15) is 0 Å². The maximum atomic E-state index is 5.72. The van der Waals surface area contributed by atoms with Gasteiger partial charge < -0.3 is 16.0 Å². The molecule has 15 heavy (non-hydrogen) atoms. The number of nitrogens with two attached hydrogens (primary N) is 1. The molecule has 1 aliphatic carbocycles. The predicted octanol–water partition coefficient (Wildman–Crippen LogP) is 0.785. The molecule has 0 spiro atoms. The van der Waals surface area contributed by atoms with Crippen LogP contribution in [0, 0.1) is 0 Å². The molecule has 1 fully saturated rings. The van der Waals surface area contributed by atoms with Gasteiger partial charge in [0, 0.05) is 12.6 Å². The van der Waals surface area contributed by atoms with Gasteiger partial charge in [-0.15, -0.1) is 0 Å². The minimum atomic E-state index is 0.608. The Morgan fingerprint density at radius 2 is 2.07 bits per heavy atom. The second-order valence-corrected chi connectivity index (χ2v) is 4.07. The van der Waals surface area contributed by atoms with Crippen LogP contribution in [-0.2, 0) is 0 Å². The van der Waals surface area contributed by atoms with Crippen LogP contribution in [-0.4, -0.2) is 43.1 Å². The molecule has 0 atom stereocenters. The molecule has 4 heteroatoms. The molecular weight excluding hydrogens is 188 g/mol. The number of aliphatic imine (C=N–C) groups is 1. The summed E-state index contributed by atoms with van der Waals surface area (Å²) < 4.78 is 0. The van der Waals surface area contributed by atoms with Crippen LogP contribution in [0.2, 0.25) is 0 Å². The Morgan fingerprint density at radius 3 is 2.60 bits per heavy atom. The van der Waals surface area contributed by atoms with E-state index in [0.29, 0.717) is 12.0 Å². The molecule has 0 aromatic rings. The summed E-state index contributed by atoms with van der Waals surface area (Å²) in [5.74, 6) is 0.622. The van der Waals surface area contributed by atoms with Gasteiger partial charge in [0.2, 0.25) is 0 Å². The molecule has 1 saturated carbocycles. The van der Waals surface area contributed by atoms with Gasteiger partial charge in [-0.3, -0.25) is 4.99 Å². The molecule has 0 saturated heterocycles. The summed E-state index contributed by atoms with van der Waals surface area (Å²) in [4.78, 5) is 6.70. The number of hydrogen-bond acceptors (Lipinski definition) is 2. The van der Waals surface area contributed by atoms with Crippen LogP contribution in [0.5, 0.6) is 0 Å². The first-order valence-corrected chi connectivity index (χ1v) is 6.05. The molecule has 0 unspecified atom stereocenters. The Labute approximate surface area is 92.9 Å². The normalized spacial score (nSPS) is 17.1. The fraction of sp³-hybridized carbons (Fsp3) is 0.909. The van der Waals surface area contributed by atoms with Crippen molar-refractivity contribution in [3.63, 3.8) is 0 Å². The summed E-state index contributed by atoms with van der Waals surface area (Å²) in [6, 6.07) is 0.608. The van der Waals surface area contributed by atoms with Crippen LogP contribution < -0.4 is 11.1 Å². The lowest BCUT2D eigenvalue weighted by molar-refractivity contribution is 0.302. The SMILES string of the molecule is CCN(CC)CCCN=C(N)NC1CC1. The number of guanidine groups is 1. The second kappa shape index (κ2) is 6.67. The van der Waals surface area contributed by atoms with Crippen LogP contribution in [0.15, 0.2) is 4.99 Å². The number of hydrogen-bond donors (Lipinski definition) is 2. The van der Waals surface area contributed by atoms with E-state index in [4.69, 9.17) is 5.73 Å². The number of rotatable bonds is 7. The van der Waals surface area contributed by atoms with Gasteiger partial charge in [0.05, 0.1) is 0 Å². The van der Waals surface area contributed by atoms with E-state index in [2.05, 4.69) is 29.1 Å². The molecule has 4 nitrogen and oxygen atoms in total. The molecule has 1 aliphatic rings. The van der Waals surface area contributed by atoms with Crippen LogP contribution in [0.3, 0.4) is 0 Å². The Hall–Kier alpha value is -0.770. The molecule has 3 N–H and O–H groups in total. The summed E-state index contributed by atoms with van der Waals surface area (Å²) >= 11 is 0. The van der Waals surface area contributed by atoms with Gasteiger partial charge in [-0.1, -0.05) is 13.8 Å². The van der Waals surface area contributed by atoms with E-state index in [1.807, 2.05) is 0 Å². The van der Waals surface area contributed by atoms with Crippen molar-refractivity contribution in [3.05, 3.63) is 0 Å². The van der Waals surface area contributed by atoms with Crippen molar-refractivity contribution < 1.29 is 0 Å². The predicted molar refractivity (Wildman–Crippen MR) is 65.1 cm³/mol. The summed E-state index contributed by atoms with van der Waals surface area (Å²) in [6.45, 7) is 8.58. The first-order valence-electron chi connectivity index (χ1n) is 6.05. The molecule has 1 rings (SSSR count). The fourth-order valence-corrected chi connectivity index (χ4v) is 1.52. The van der Waals surface area contributed by atoms with Crippen molar-refractivity contribution in [2.75, 3.05) is 26.2 Å². The Bertz CT molecular complexity index is 195. The summed E-state index contributed by atoms with van der Waals surface area (Å²) in [6.07, 6.45) is 3.58. The van der Waals surface area contributed by atoms with E-state index in [-0.39, 0.29) is 0 Å². The monoisotopic (exact) mass is 212 g/mol. The average molecular weight is 212 g/mol. The van der Waals surface area contributed by atoms with E-state index < -0.39 is 0 Å². The van der Waals surface area contributed by atoms with Gasteiger partial charge >= 0.3 is 0 Å². The van der Waals surface area contributed by atoms with Crippen molar-refractivity contribution in [1.29, 1.82) is 0 Å². The summed E-state index contributed by atoms with van der Waals surface area (Å²) in [5, 5.41) is 3.18. The zero-order chi connectivity index (χ0) is 11.1. The first-order chi connectivity index (χ1) is 7.26. The molecule has 0 bridgehead atoms. The summed E-state index contributed by atoms with van der Waals surface area (Å²) in [7, 11) is 0. The van der Waals surface area contributed by atoms with E-state index in [1.54, 1.807) is 0 Å². The first kappa shape index (κ1) is 12.3. The number of nitrogens with one attached hydrogen (secondary N) is 1. The third-order valence-corrected chi connectivity index (χ3v) is 2.74. The minimum Gasteiger partial charge on any atom is -0.370 e. The number of nitrogens with zero attached hydrogens (tertiary/aromatic N) is 2. The van der Waals surface area contributed by atoms with Crippen molar-refractivity contribution in [3.8, 4) is 0 Å². The van der Waals surface area contributed by atoms with Crippen LogP contribution in [0.4, 0.5) is 0 Å². The molecule has 0 aromatic heterocycles. The highest BCUT2D eigenvalue weighted by molar-refractivity contribution is 5.78. The van der Waals surface area contributed by atoms with Crippen LogP contribution >= 0.6 is 0 Å². The molecule has 0 amide bonds. The molecule has 0 heterocycles. The van der Waals surface area contributed by atoms with E-state index in [0.717, 1.165) is 32.6 Å². The third-order valence-electron chi connectivity index (χ3n) is 2.74. The van der Waals surface area contributed by atoms with Crippen molar-refractivity contribution >= 4 is 5.96 Å². The van der Waals surface area contributed by atoms with Gasteiger partial charge in [-0.25, -0.2) is 0 Å². The largest absolute Gasteiger partial charge is 0.370 e. The standard InChI is InChI=1S/C11H24N4/c1-3-15(4-2)9-5-8-13-11(12)14-10-6-7-10/h10H,3-9H2,1-2H3,(H3,12,13,14). The molecular formula is C11H24N4. The summed E-state index contributed by atoms with van der Waals surface area (Å²) in [5.41, 5.74) is 5.72. The van der Waals surface area contributed by atoms with Crippen LogP contribution in [0.25, 0.3) is 0 Å². The Morgan fingerprint density at radius 1 is 1.40 bits per heavy atom. The lowest BCUT2D eigenvalue weighted by atomic mass is 10.4. The van der Waals surface area contributed by atoms with Gasteiger partial charge in [0.25, 0.3) is 0 Å². The zero-order valence-electron chi connectivity index (χ0n) is 10.00. The average Bonchev–Trinajstić information content (AvgIpc) is 3.02. The molecule has 0 radical (unpaired) electrons. The van der Waals surface area contributed by atoms with Gasteiger partial charge in [-0.2, -0.15) is 0 Å². The second-order valence-electron chi connectivity index (χ2n) is 4.07. The lowest BCUT2D eigenvalue weighted by Gasteiger charge is -2.16. The highest BCUT2D eigenvalue weighted by Crippen LogP contribution is 2.17. The maximum Gasteiger partial charge on any atom is 0.188 e. The van der Waals surface area contributed by atoms with Crippen molar-refractivity contribution in [2.24, 2.45) is 10.7 Å². The quantitative estimate of drug-likeness (QED) is 0.372. The topological polar surface area (TPSA) is 53.6 Å². The maximum absolute atomic E-state index is 5.72. The fourth-order valence-electron chi connectivity index (χ4n) is 1.52. The Kier molecular flexibility index (Phi) is 5.47. The minimum absolute atomic E-state index is 0.608. The zero-order valence-corrected chi connectivity index (χ0v) is 10.00. The van der Waals surface area contributed by atoms with Crippen LogP contribution in [0.1, 0.15) is 33.1 Å².